The fraction of sp³-hybridized carbons (Fsp3) is 0. The molecule has 0 rings (SSSR count). The van der Waals surface area contributed by atoms with E-state index < -0.39 is 12.3 Å². The van der Waals surface area contributed by atoms with Crippen LogP contribution >= 0.6 is 0 Å². The molecule has 0 fully saturated rings. The quantitative estimate of drug-likeness (QED) is 0.509. The second kappa shape index (κ2) is 10.7. The Kier molecular flexibility index (Phi) is 18.8. The molecule has 0 saturated carbocycles. The van der Waals surface area contributed by atoms with Crippen molar-refractivity contribution in [3.05, 3.63) is 0 Å². The Labute approximate surface area is 77.7 Å². The molecule has 0 aromatic rings. The first-order chi connectivity index (χ1) is 3.46. The third kappa shape index (κ3) is 3620. The minimum atomic E-state index is -2.33. The monoisotopic (exact) mass is 261 g/mol. The van der Waals surface area contributed by atoms with Crippen LogP contribution in [0.4, 0.5) is 9.59 Å². The maximum Gasteiger partial charge on any atom is 0.503 e. The van der Waals surface area contributed by atoms with Crippen LogP contribution in [0.25, 0.3) is 0 Å². The molecule has 0 aromatic heterocycles. The zero-order valence-electron chi connectivity index (χ0n) is 4.10. The Balaban J connectivity index is -0.0000000720. The predicted octanol–water partition coefficient (Wildman–Crippen LogP) is -2.22. The van der Waals surface area contributed by atoms with Crippen molar-refractivity contribution in [2.45, 2.75) is 0 Å². The van der Waals surface area contributed by atoms with E-state index in [0.29, 0.717) is 0 Å². The van der Waals surface area contributed by atoms with Gasteiger partial charge in [0.05, 0.1) is 0 Å². The molecule has 0 aliphatic carbocycles. The van der Waals surface area contributed by atoms with Crippen LogP contribution in [0.15, 0.2) is 0 Å². The van der Waals surface area contributed by atoms with Crippen LogP contribution in [-0.2, 0) is 0 Å². The van der Waals surface area contributed by atoms with Crippen molar-refractivity contribution in [2.75, 3.05) is 0 Å². The topological polar surface area (TPSA) is 121 Å². The minimum absolute atomic E-state index is 0. The maximum atomic E-state index is 8.56. The van der Waals surface area contributed by atoms with Gasteiger partial charge in [-0.25, -0.2) is 4.79 Å². The van der Waals surface area contributed by atoms with Crippen molar-refractivity contribution in [2.24, 2.45) is 0 Å². The summed E-state index contributed by atoms with van der Waals surface area (Å²) >= 11 is 0. The smallest absolute Gasteiger partial charge is 0.503 e. The molecule has 0 aliphatic rings. The summed E-state index contributed by atoms with van der Waals surface area (Å²) in [4.78, 5) is 16.9. The van der Waals surface area contributed by atoms with E-state index in [1.54, 1.807) is 0 Å². The fourth-order valence-corrected chi connectivity index (χ4v) is 0. The van der Waals surface area contributed by atoms with Crippen molar-refractivity contribution < 1.29 is 65.6 Å². The van der Waals surface area contributed by atoms with Gasteiger partial charge in [-0.05, 0) is 6.16 Å². The van der Waals surface area contributed by atoms with Gasteiger partial charge in [0, 0.05) is 35.6 Å². The Morgan fingerprint density at radius 1 is 1.11 bits per heavy atom. The molecule has 2 N–H and O–H groups in total. The molecule has 0 spiro atoms. The number of carboxylic acid groups (broad SMARTS) is 4. The summed E-state index contributed by atoms with van der Waals surface area (Å²) in [5.41, 5.74) is 0. The molecule has 0 amide bonds. The molecule has 0 saturated heterocycles. The van der Waals surface area contributed by atoms with E-state index in [9.17, 15) is 0 Å². The first-order valence-corrected chi connectivity index (χ1v) is 1.26. The number of rotatable bonds is 0. The number of carbonyl (C=O) groups is 2. The van der Waals surface area contributed by atoms with Crippen molar-refractivity contribution in [1.82, 2.24) is 0 Å². The summed E-state index contributed by atoms with van der Waals surface area (Å²) in [6.07, 6.45) is -4.17. The Morgan fingerprint density at radius 3 is 1.11 bits per heavy atom. The zero-order valence-corrected chi connectivity index (χ0v) is 7.73. The summed E-state index contributed by atoms with van der Waals surface area (Å²) in [7, 11) is 0. The second-order valence-electron chi connectivity index (χ2n) is 0.533. The fourth-order valence-electron chi connectivity index (χ4n) is 0. The van der Waals surface area contributed by atoms with E-state index in [1.165, 1.54) is 0 Å². The average molecular weight is 261 g/mol. The minimum Gasteiger partial charge on any atom is -0.652 e. The summed E-state index contributed by atoms with van der Waals surface area (Å²) < 4.78 is 0. The SMILES string of the molecule is O=C(O)O.O=C([O-])[O-].[La]. The Morgan fingerprint density at radius 2 is 1.11 bits per heavy atom. The molecule has 0 bridgehead atoms. The molecule has 0 aromatic carbocycles. The second-order valence-corrected chi connectivity index (χ2v) is 0.533. The molecule has 9 heavy (non-hydrogen) atoms. The maximum absolute atomic E-state index is 8.56. The number of carbonyl (C=O) groups excluding carboxylic acids is 1. The van der Waals surface area contributed by atoms with Gasteiger partial charge in [-0.1, -0.05) is 0 Å². The first kappa shape index (κ1) is 15.9. The van der Waals surface area contributed by atoms with E-state index in [2.05, 4.69) is 0 Å². The van der Waals surface area contributed by atoms with Crippen LogP contribution < -0.4 is 10.2 Å². The van der Waals surface area contributed by atoms with Crippen LogP contribution in [0, 0.1) is 35.6 Å². The van der Waals surface area contributed by atoms with Crippen LogP contribution in [0.5, 0.6) is 0 Å². The van der Waals surface area contributed by atoms with E-state index in [-0.39, 0.29) is 35.6 Å². The van der Waals surface area contributed by atoms with E-state index in [4.69, 9.17) is 30.0 Å². The summed E-state index contributed by atoms with van der Waals surface area (Å²) in [6, 6.07) is 0. The third-order valence-electron chi connectivity index (χ3n) is 0. The summed E-state index contributed by atoms with van der Waals surface area (Å²) in [5, 5.41) is 30.6. The van der Waals surface area contributed by atoms with Gasteiger partial charge in [-0.3, -0.25) is 0 Å². The van der Waals surface area contributed by atoms with Gasteiger partial charge >= 0.3 is 6.16 Å². The van der Waals surface area contributed by atoms with Crippen LogP contribution in [0.2, 0.25) is 0 Å². The number of hydrogen-bond acceptors (Lipinski definition) is 4. The molecule has 7 heteroatoms. The van der Waals surface area contributed by atoms with Crippen molar-refractivity contribution in [3.8, 4) is 0 Å². The van der Waals surface area contributed by atoms with E-state index in [1.807, 2.05) is 0 Å². The predicted molar refractivity (Wildman–Crippen MR) is 16.0 cm³/mol. The van der Waals surface area contributed by atoms with Crippen molar-refractivity contribution in [1.29, 1.82) is 0 Å². The first-order valence-electron chi connectivity index (χ1n) is 1.26. The molecule has 1 radical (unpaired) electrons. The van der Waals surface area contributed by atoms with Crippen molar-refractivity contribution in [3.63, 3.8) is 0 Å². The van der Waals surface area contributed by atoms with Crippen LogP contribution in [0.1, 0.15) is 0 Å². The Bertz CT molecular complexity index is 69.1. The van der Waals surface area contributed by atoms with E-state index in [0.717, 1.165) is 0 Å². The van der Waals surface area contributed by atoms with Gasteiger partial charge in [0.25, 0.3) is 0 Å². The largest absolute Gasteiger partial charge is 0.652 e. The van der Waals surface area contributed by atoms with Crippen LogP contribution in [-0.4, -0.2) is 22.5 Å². The third-order valence-corrected chi connectivity index (χ3v) is 0. The van der Waals surface area contributed by atoms with Crippen LogP contribution in [0.3, 0.4) is 0 Å². The normalized spacial score (nSPS) is 5.33. The Hall–Kier alpha value is -0.265. The zero-order chi connectivity index (χ0) is 7.15. The van der Waals surface area contributed by atoms with Gasteiger partial charge in [-0.2, -0.15) is 0 Å². The standard InChI is InChI=1S/2CH2O3.La/c2*2-1(3)4;/h2*(H2,2,3,4);/p-2. The number of hydrogen-bond donors (Lipinski definition) is 2. The molecule has 6 nitrogen and oxygen atoms in total. The molecule has 0 atom stereocenters. The van der Waals surface area contributed by atoms with Gasteiger partial charge in [0.2, 0.25) is 0 Å². The van der Waals surface area contributed by atoms with Gasteiger partial charge in [0.15, 0.2) is 0 Å². The molecule has 0 heterocycles. The molecule has 0 aliphatic heterocycles. The van der Waals surface area contributed by atoms with Crippen molar-refractivity contribution >= 4 is 12.3 Å². The summed E-state index contributed by atoms with van der Waals surface area (Å²) in [6.45, 7) is 0. The van der Waals surface area contributed by atoms with Gasteiger partial charge in [-0.15, -0.1) is 0 Å². The molecular formula is C2H2LaO6-2. The molecule has 51 valence electrons. The molecular weight excluding hydrogens is 259 g/mol. The summed E-state index contributed by atoms with van der Waals surface area (Å²) in [5.74, 6) is 0. The average Bonchev–Trinajstić information content (AvgIpc) is 1.25. The van der Waals surface area contributed by atoms with Gasteiger partial charge < -0.3 is 25.2 Å². The molecule has 0 unspecified atom stereocenters. The van der Waals surface area contributed by atoms with Gasteiger partial charge in [0.1, 0.15) is 0 Å². The van der Waals surface area contributed by atoms with E-state index >= 15 is 0 Å².